The van der Waals surface area contributed by atoms with Crippen LogP contribution < -0.4 is 0 Å². The average molecular weight is 214 g/mol. The molecule has 3 heteroatoms. The van der Waals surface area contributed by atoms with Crippen LogP contribution in [0.5, 0.6) is 0 Å². The minimum Gasteiger partial charge on any atom is -0.302 e. The van der Waals surface area contributed by atoms with E-state index in [1.807, 2.05) is 0 Å². The zero-order chi connectivity index (χ0) is 10.8. The van der Waals surface area contributed by atoms with Gasteiger partial charge >= 0.3 is 0 Å². The van der Waals surface area contributed by atoms with Crippen molar-refractivity contribution in [1.82, 2.24) is 4.90 Å². The molecule has 82 valence electrons. The Hall–Kier alpha value is -0.200. The second-order valence-corrected chi connectivity index (χ2v) is 4.00. The predicted molar refractivity (Wildman–Crippen MR) is 64.6 cm³/mol. The van der Waals surface area contributed by atoms with Gasteiger partial charge in [-0.2, -0.15) is 17.9 Å². The number of thiol groups is 1. The average Bonchev–Trinajstić information content (AvgIpc) is 2.22. The Bertz CT molecular complexity index is 165. The van der Waals surface area contributed by atoms with Crippen molar-refractivity contribution in [1.29, 1.82) is 5.26 Å². The number of hydrogen-bond acceptors (Lipinski definition) is 3. The lowest BCUT2D eigenvalue weighted by atomic mass is 10.1. The highest BCUT2D eigenvalue weighted by atomic mass is 32.1. The third kappa shape index (κ3) is 6.28. The molecule has 0 bridgehead atoms. The first-order valence-corrected chi connectivity index (χ1v) is 6.11. The zero-order valence-corrected chi connectivity index (χ0v) is 10.3. The van der Waals surface area contributed by atoms with Gasteiger partial charge in [0.15, 0.2) is 0 Å². The molecular weight excluding hydrogens is 192 g/mol. The minimum absolute atomic E-state index is 0.638. The van der Waals surface area contributed by atoms with Crippen molar-refractivity contribution in [2.45, 2.75) is 33.1 Å². The molecule has 0 aliphatic heterocycles. The maximum atomic E-state index is 8.51. The Morgan fingerprint density at radius 2 is 2.14 bits per heavy atom. The van der Waals surface area contributed by atoms with Crippen molar-refractivity contribution in [3.8, 4) is 6.07 Å². The van der Waals surface area contributed by atoms with Crippen molar-refractivity contribution < 1.29 is 0 Å². The molecule has 0 aromatic rings. The molecule has 0 amide bonds. The SMILES string of the molecule is CCCC(CS)CN(CC)CCC#N. The number of rotatable bonds is 8. The predicted octanol–water partition coefficient (Wildman–Crippen LogP) is 2.57. The summed E-state index contributed by atoms with van der Waals surface area (Å²) in [6.07, 6.45) is 3.10. The Kier molecular flexibility index (Phi) is 9.23. The van der Waals surface area contributed by atoms with Gasteiger partial charge < -0.3 is 4.90 Å². The van der Waals surface area contributed by atoms with Gasteiger partial charge in [0.25, 0.3) is 0 Å². The summed E-state index contributed by atoms with van der Waals surface area (Å²) in [5.41, 5.74) is 0. The van der Waals surface area contributed by atoms with E-state index in [0.29, 0.717) is 12.3 Å². The molecule has 0 fully saturated rings. The summed E-state index contributed by atoms with van der Waals surface area (Å²) in [4.78, 5) is 2.35. The molecule has 0 heterocycles. The molecule has 0 saturated carbocycles. The molecule has 1 unspecified atom stereocenters. The van der Waals surface area contributed by atoms with Crippen LogP contribution >= 0.6 is 12.6 Å². The van der Waals surface area contributed by atoms with Gasteiger partial charge in [0, 0.05) is 19.5 Å². The summed E-state index contributed by atoms with van der Waals surface area (Å²) in [5, 5.41) is 8.51. The van der Waals surface area contributed by atoms with Gasteiger partial charge in [-0.15, -0.1) is 0 Å². The fraction of sp³-hybridized carbons (Fsp3) is 0.909. The lowest BCUT2D eigenvalue weighted by Crippen LogP contribution is -2.31. The maximum Gasteiger partial charge on any atom is 0.0635 e. The molecular formula is C11H22N2S. The molecule has 0 spiro atoms. The van der Waals surface area contributed by atoms with E-state index >= 15 is 0 Å². The highest BCUT2D eigenvalue weighted by Gasteiger charge is 2.10. The Labute approximate surface area is 93.7 Å². The molecule has 0 saturated heterocycles. The van der Waals surface area contributed by atoms with Crippen LogP contribution in [-0.4, -0.2) is 30.3 Å². The van der Waals surface area contributed by atoms with Crippen molar-refractivity contribution in [3.63, 3.8) is 0 Å². The van der Waals surface area contributed by atoms with Gasteiger partial charge in [-0.1, -0.05) is 20.3 Å². The zero-order valence-electron chi connectivity index (χ0n) is 9.37. The minimum atomic E-state index is 0.638. The van der Waals surface area contributed by atoms with Crippen LogP contribution in [0.15, 0.2) is 0 Å². The monoisotopic (exact) mass is 214 g/mol. The molecule has 0 radical (unpaired) electrons. The summed E-state index contributed by atoms with van der Waals surface area (Å²) in [6, 6.07) is 2.19. The molecule has 0 N–H and O–H groups in total. The summed E-state index contributed by atoms with van der Waals surface area (Å²) in [7, 11) is 0. The van der Waals surface area contributed by atoms with Crippen LogP contribution in [0.3, 0.4) is 0 Å². The highest BCUT2D eigenvalue weighted by molar-refractivity contribution is 7.80. The maximum absolute atomic E-state index is 8.51. The Morgan fingerprint density at radius 3 is 2.57 bits per heavy atom. The van der Waals surface area contributed by atoms with E-state index in [-0.39, 0.29) is 0 Å². The Balaban J connectivity index is 3.82. The first kappa shape index (κ1) is 13.8. The van der Waals surface area contributed by atoms with Crippen LogP contribution in [0.2, 0.25) is 0 Å². The first-order chi connectivity index (χ1) is 6.78. The van der Waals surface area contributed by atoms with Gasteiger partial charge in [-0.3, -0.25) is 0 Å². The molecule has 0 aromatic heterocycles. The number of nitrogens with zero attached hydrogens (tertiary/aromatic N) is 2. The van der Waals surface area contributed by atoms with Crippen LogP contribution in [0.4, 0.5) is 0 Å². The lowest BCUT2D eigenvalue weighted by Gasteiger charge is -2.24. The summed E-state index contributed by atoms with van der Waals surface area (Å²) < 4.78 is 0. The van der Waals surface area contributed by atoms with Crippen molar-refractivity contribution in [2.24, 2.45) is 5.92 Å². The molecule has 0 aliphatic carbocycles. The van der Waals surface area contributed by atoms with Crippen molar-refractivity contribution >= 4 is 12.6 Å². The largest absolute Gasteiger partial charge is 0.302 e. The smallest absolute Gasteiger partial charge is 0.0635 e. The number of nitriles is 1. The van der Waals surface area contributed by atoms with E-state index in [0.717, 1.165) is 25.4 Å². The van der Waals surface area contributed by atoms with E-state index in [2.05, 4.69) is 37.4 Å². The topological polar surface area (TPSA) is 27.0 Å². The van der Waals surface area contributed by atoms with Gasteiger partial charge in [-0.05, 0) is 24.6 Å². The summed E-state index contributed by atoms with van der Waals surface area (Å²) in [6.45, 7) is 7.40. The Morgan fingerprint density at radius 1 is 1.43 bits per heavy atom. The van der Waals surface area contributed by atoms with E-state index in [4.69, 9.17) is 5.26 Å². The first-order valence-electron chi connectivity index (χ1n) is 5.48. The summed E-state index contributed by atoms with van der Waals surface area (Å²) in [5.74, 6) is 1.64. The third-order valence-corrected chi connectivity index (χ3v) is 2.97. The molecule has 1 atom stereocenters. The molecule has 14 heavy (non-hydrogen) atoms. The normalized spacial score (nSPS) is 12.8. The van der Waals surface area contributed by atoms with Gasteiger partial charge in [0.1, 0.15) is 0 Å². The van der Waals surface area contributed by atoms with Crippen LogP contribution in [0.1, 0.15) is 33.1 Å². The summed E-state index contributed by atoms with van der Waals surface area (Å²) >= 11 is 4.36. The lowest BCUT2D eigenvalue weighted by molar-refractivity contribution is 0.249. The second kappa shape index (κ2) is 9.36. The van der Waals surface area contributed by atoms with E-state index in [1.54, 1.807) is 0 Å². The molecule has 0 aromatic carbocycles. The van der Waals surface area contributed by atoms with Crippen molar-refractivity contribution in [3.05, 3.63) is 0 Å². The fourth-order valence-electron chi connectivity index (χ4n) is 1.60. The van der Waals surface area contributed by atoms with Crippen LogP contribution in [0.25, 0.3) is 0 Å². The second-order valence-electron chi connectivity index (χ2n) is 3.64. The fourth-order valence-corrected chi connectivity index (χ4v) is 1.90. The van der Waals surface area contributed by atoms with Gasteiger partial charge in [0.2, 0.25) is 0 Å². The van der Waals surface area contributed by atoms with Gasteiger partial charge in [-0.25, -0.2) is 0 Å². The standard InChI is InChI=1S/C11H22N2S/c1-3-6-11(10-14)9-13(4-2)8-5-7-12/h11,14H,3-6,8-10H2,1-2H3. The van der Waals surface area contributed by atoms with Crippen molar-refractivity contribution in [2.75, 3.05) is 25.4 Å². The molecule has 0 aliphatic rings. The van der Waals surface area contributed by atoms with E-state index in [1.165, 1.54) is 12.8 Å². The van der Waals surface area contributed by atoms with E-state index in [9.17, 15) is 0 Å². The van der Waals surface area contributed by atoms with E-state index < -0.39 is 0 Å². The molecule has 2 nitrogen and oxygen atoms in total. The van der Waals surface area contributed by atoms with Crippen LogP contribution in [-0.2, 0) is 0 Å². The number of hydrogen-bond donors (Lipinski definition) is 1. The highest BCUT2D eigenvalue weighted by Crippen LogP contribution is 2.10. The third-order valence-electron chi connectivity index (χ3n) is 2.46. The quantitative estimate of drug-likeness (QED) is 0.629. The molecule has 0 rings (SSSR count). The van der Waals surface area contributed by atoms with Gasteiger partial charge in [0.05, 0.1) is 6.07 Å². The van der Waals surface area contributed by atoms with Crippen LogP contribution in [0, 0.1) is 17.2 Å².